The molecule has 106 heavy (non-hydrogen) atoms. The van der Waals surface area contributed by atoms with Crippen LogP contribution in [0, 0.1) is 0 Å². The van der Waals surface area contributed by atoms with E-state index in [0.717, 1.165) is 116 Å². The highest BCUT2D eigenvalue weighted by molar-refractivity contribution is 7.47. The molecule has 0 rings (SSSR count). The minimum absolute atomic E-state index is 0.000893. The largest absolute Gasteiger partial charge is 0.472 e. The molecule has 0 radical (unpaired) electrons. The lowest BCUT2D eigenvalue weighted by atomic mass is 10.2. The van der Waals surface area contributed by atoms with E-state index in [0.29, 0.717) is 38.5 Å². The Labute approximate surface area is 637 Å². The van der Waals surface area contributed by atoms with Crippen LogP contribution in [0.1, 0.15) is 207 Å². The van der Waals surface area contributed by atoms with Crippen molar-refractivity contribution in [2.45, 2.75) is 226 Å². The Morgan fingerprint density at radius 3 is 0.755 bits per heavy atom. The quantitative estimate of drug-likeness (QED) is 0.0169. The SMILES string of the molecule is CC/C=C\C/C=C\C/C=C\C/C=C\C/C=C\C/C=C\CCC(=O)OCC(COP(=O)(O)OCC(O)COP(=O)(O)OCC(COC(=O)CCC/C=C\C/C=C\C/C=C\C/C=C\C/C=C\CC)OC(=O)C/C=C\C/C=C\C/C=C\C/C=C\C/C=C\CC)OC(=O)C/C=C\C/C=C\C/C=C\C/C=C\C/C=C\CC. The van der Waals surface area contributed by atoms with E-state index in [2.05, 4.69) is 204 Å². The Balaban J connectivity index is 5.65. The summed E-state index contributed by atoms with van der Waals surface area (Å²) in [5.74, 6) is -2.69. The van der Waals surface area contributed by atoms with Crippen LogP contribution in [-0.4, -0.2) is 96.7 Å². The van der Waals surface area contributed by atoms with Gasteiger partial charge >= 0.3 is 39.5 Å². The van der Waals surface area contributed by atoms with Gasteiger partial charge in [-0.1, -0.05) is 283 Å². The summed E-state index contributed by atoms with van der Waals surface area (Å²) >= 11 is 0. The minimum atomic E-state index is -5.04. The molecule has 5 atom stereocenters. The Hall–Kier alpha value is -7.40. The van der Waals surface area contributed by atoms with Crippen LogP contribution in [-0.2, 0) is 65.4 Å². The van der Waals surface area contributed by atoms with Crippen LogP contribution in [0.25, 0.3) is 0 Å². The van der Waals surface area contributed by atoms with Crippen LogP contribution < -0.4 is 0 Å². The highest BCUT2D eigenvalue weighted by Crippen LogP contribution is 2.45. The van der Waals surface area contributed by atoms with E-state index >= 15 is 0 Å². The molecule has 3 N–H and O–H groups in total. The monoisotopic (exact) mass is 1510 g/mol. The zero-order valence-corrected chi connectivity index (χ0v) is 65.8. The maximum Gasteiger partial charge on any atom is 0.472 e. The molecule has 19 heteroatoms. The number of phosphoric ester groups is 2. The topological polar surface area (TPSA) is 237 Å². The number of rotatable bonds is 67. The highest BCUT2D eigenvalue weighted by Gasteiger charge is 2.30. The van der Waals surface area contributed by atoms with Crippen LogP contribution >= 0.6 is 15.6 Å². The second-order valence-corrected chi connectivity index (χ2v) is 26.6. The Morgan fingerprint density at radius 2 is 0.491 bits per heavy atom. The van der Waals surface area contributed by atoms with E-state index < -0.39 is 97.5 Å². The third-order valence-electron chi connectivity index (χ3n) is 14.1. The van der Waals surface area contributed by atoms with E-state index in [1.54, 1.807) is 24.3 Å². The molecule has 0 bridgehead atoms. The molecule has 0 fully saturated rings. The van der Waals surface area contributed by atoms with Crippen LogP contribution in [0.5, 0.6) is 0 Å². The van der Waals surface area contributed by atoms with Crippen LogP contribution in [0.2, 0.25) is 0 Å². The fraction of sp³-hybridized carbons (Fsp3) is 0.471. The number of allylic oxidation sites excluding steroid dienone is 40. The van der Waals surface area contributed by atoms with E-state index in [9.17, 15) is 43.2 Å². The molecule has 0 heterocycles. The number of hydrogen-bond donors (Lipinski definition) is 3. The van der Waals surface area contributed by atoms with Crippen molar-refractivity contribution in [2.24, 2.45) is 0 Å². The number of unbranched alkanes of at least 4 members (excludes halogenated alkanes) is 1. The molecule has 0 aliphatic carbocycles. The van der Waals surface area contributed by atoms with Crippen LogP contribution in [0.4, 0.5) is 0 Å². The first-order chi connectivity index (χ1) is 51.7. The number of aliphatic hydroxyl groups excluding tert-OH is 1. The lowest BCUT2D eigenvalue weighted by Crippen LogP contribution is -2.30. The van der Waals surface area contributed by atoms with Gasteiger partial charge in [0.05, 0.1) is 39.3 Å². The van der Waals surface area contributed by atoms with Gasteiger partial charge in [-0.15, -0.1) is 0 Å². The van der Waals surface area contributed by atoms with E-state index in [-0.39, 0.29) is 25.7 Å². The van der Waals surface area contributed by atoms with Gasteiger partial charge in [-0.25, -0.2) is 9.13 Å². The van der Waals surface area contributed by atoms with E-state index in [4.69, 9.17) is 37.0 Å². The second-order valence-electron chi connectivity index (χ2n) is 23.7. The molecule has 5 unspecified atom stereocenters. The smallest absolute Gasteiger partial charge is 0.462 e. The third-order valence-corrected chi connectivity index (χ3v) is 16.0. The molecule has 0 amide bonds. The normalized spacial score (nSPS) is 15.3. The Kier molecular flexibility index (Phi) is 70.5. The van der Waals surface area contributed by atoms with Gasteiger partial charge in [0.2, 0.25) is 0 Å². The van der Waals surface area contributed by atoms with Gasteiger partial charge in [-0.3, -0.25) is 37.3 Å². The van der Waals surface area contributed by atoms with Crippen molar-refractivity contribution in [1.29, 1.82) is 0 Å². The van der Waals surface area contributed by atoms with E-state index in [1.165, 1.54) is 0 Å². The first kappa shape index (κ1) is 98.6. The fourth-order valence-corrected chi connectivity index (χ4v) is 10.1. The summed E-state index contributed by atoms with van der Waals surface area (Å²) in [6.07, 6.45) is 101. The van der Waals surface area contributed by atoms with Crippen molar-refractivity contribution in [3.8, 4) is 0 Å². The molecular weight excluding hydrogens is 1380 g/mol. The van der Waals surface area contributed by atoms with Crippen molar-refractivity contribution < 1.29 is 80.2 Å². The summed E-state index contributed by atoms with van der Waals surface area (Å²) in [4.78, 5) is 72.7. The highest BCUT2D eigenvalue weighted by atomic mass is 31.2. The summed E-state index contributed by atoms with van der Waals surface area (Å²) < 4.78 is 68.0. The third kappa shape index (κ3) is 74.9. The van der Waals surface area contributed by atoms with Crippen molar-refractivity contribution in [2.75, 3.05) is 39.6 Å². The van der Waals surface area contributed by atoms with Crippen molar-refractivity contribution in [3.63, 3.8) is 0 Å². The van der Waals surface area contributed by atoms with Gasteiger partial charge in [0.25, 0.3) is 0 Å². The first-order valence-corrected chi connectivity index (χ1v) is 40.9. The predicted molar refractivity (Wildman–Crippen MR) is 435 cm³/mol. The maximum atomic E-state index is 13.1. The fourth-order valence-electron chi connectivity index (χ4n) is 8.49. The summed E-state index contributed by atoms with van der Waals surface area (Å²) in [5, 5.41) is 10.6. The number of aliphatic hydroxyl groups is 1. The summed E-state index contributed by atoms with van der Waals surface area (Å²) in [5.41, 5.74) is 0. The number of hydrogen-bond acceptors (Lipinski definition) is 15. The number of carbonyl (C=O) groups excluding carboxylic acids is 4. The van der Waals surface area contributed by atoms with Crippen molar-refractivity contribution in [3.05, 3.63) is 255 Å². The Morgan fingerprint density at radius 1 is 0.274 bits per heavy atom. The second kappa shape index (κ2) is 75.8. The lowest BCUT2D eigenvalue weighted by molar-refractivity contribution is -0.160. The molecule has 0 aromatic carbocycles. The van der Waals surface area contributed by atoms with Crippen molar-refractivity contribution in [1.82, 2.24) is 0 Å². The predicted octanol–water partition coefficient (Wildman–Crippen LogP) is 22.2. The van der Waals surface area contributed by atoms with Gasteiger partial charge in [-0.2, -0.15) is 0 Å². The van der Waals surface area contributed by atoms with Gasteiger partial charge in [-0.05, 0) is 154 Å². The van der Waals surface area contributed by atoms with Crippen LogP contribution in [0.15, 0.2) is 255 Å². The molecule has 0 aromatic heterocycles. The number of esters is 4. The molecule has 0 aliphatic rings. The summed E-state index contributed by atoms with van der Waals surface area (Å²) in [7, 11) is -10.1. The minimum Gasteiger partial charge on any atom is -0.462 e. The maximum absolute atomic E-state index is 13.1. The molecule has 588 valence electrons. The molecule has 0 aromatic rings. The summed E-state index contributed by atoms with van der Waals surface area (Å²) in [6.45, 7) is 3.94. The number of ether oxygens (including phenoxy) is 4. The Bertz CT molecular complexity index is 3030. The average molecular weight is 1510 g/mol. The molecule has 17 nitrogen and oxygen atoms in total. The molecule has 0 saturated heterocycles. The molecule has 0 aliphatic heterocycles. The average Bonchev–Trinajstić information content (AvgIpc) is 0.909. The van der Waals surface area contributed by atoms with Gasteiger partial charge in [0, 0.05) is 12.8 Å². The molecule has 0 saturated carbocycles. The van der Waals surface area contributed by atoms with Crippen molar-refractivity contribution >= 4 is 39.5 Å². The van der Waals surface area contributed by atoms with Gasteiger partial charge in [0.1, 0.15) is 19.3 Å². The van der Waals surface area contributed by atoms with Gasteiger partial charge in [0.15, 0.2) is 12.2 Å². The van der Waals surface area contributed by atoms with Gasteiger partial charge < -0.3 is 33.8 Å². The number of carbonyl (C=O) groups is 4. The molecule has 0 spiro atoms. The number of phosphoric acid groups is 2. The standard InChI is InChI=1S/C87H128O17P2/c1-5-9-13-17-21-25-29-33-37-39-40-42-46-48-52-56-60-64-68-72-85(90)98-78-83(104-87(92)74-70-66-62-58-54-50-44-36-32-28-24-20-16-12-8-4)80-102-106(95,96)100-76-81(88)75-99-105(93,94)101-79-82(103-86(91)73-69-65-61-57-53-49-43-35-31-27-23-19-15-11-7-3)77-97-84(89)71-67-63-59-55-51-47-45-41-38-34-30-26-22-18-14-10-6-2/h9-16,21-28,33-38,40,42-45,47-48,52-55,57-60,64-66,69-70,81-83,88H,5-8,17-20,29-32,39,41,46,49-51,56,61-63,67-68,71-80H2,1-4H3,(H,93,94)(H,95,96)/b13-9-,14-10-,15-11-,16-12-,25-21-,26-22-,27-23-,28-24-,37-33-,38-34-,42-40-,43-35-,44-36-,47-45-,52-48-,57-53-,58-54-,59-55-,64-60-,69-65-,70-66-. The lowest BCUT2D eigenvalue weighted by Gasteiger charge is -2.21. The molecular formula is C87H128O17P2. The first-order valence-electron chi connectivity index (χ1n) is 37.9. The summed E-state index contributed by atoms with van der Waals surface area (Å²) in [6, 6.07) is 0. The zero-order chi connectivity index (χ0) is 77.4. The zero-order valence-electron chi connectivity index (χ0n) is 64.0. The van der Waals surface area contributed by atoms with E-state index in [1.807, 2.05) is 54.7 Å². The van der Waals surface area contributed by atoms with Crippen LogP contribution in [0.3, 0.4) is 0 Å².